The lowest BCUT2D eigenvalue weighted by Crippen LogP contribution is -2.41. The number of hydrogen-bond donors (Lipinski definition) is 2. The van der Waals surface area contributed by atoms with E-state index in [1.165, 1.54) is 11.1 Å². The van der Waals surface area contributed by atoms with Gasteiger partial charge in [0, 0.05) is 23.9 Å². The predicted molar refractivity (Wildman–Crippen MR) is 104 cm³/mol. The molecule has 158 valence electrons. The maximum absolute atomic E-state index is 13.1. The smallest absolute Gasteiger partial charge is 0.379 e. The summed E-state index contributed by atoms with van der Waals surface area (Å²) >= 11 is 0. The lowest BCUT2D eigenvalue weighted by molar-refractivity contribution is -0.0945. The summed E-state index contributed by atoms with van der Waals surface area (Å²) in [7, 11) is 0. The summed E-state index contributed by atoms with van der Waals surface area (Å²) in [6, 6.07) is 6.48. The van der Waals surface area contributed by atoms with Gasteiger partial charge in [-0.1, -0.05) is 12.1 Å². The summed E-state index contributed by atoms with van der Waals surface area (Å²) in [5.74, 6) is -0.236. The molecule has 0 saturated carbocycles. The Bertz CT molecular complexity index is 942. The molecule has 1 saturated heterocycles. The van der Waals surface area contributed by atoms with Gasteiger partial charge in [0.05, 0.1) is 12.6 Å². The van der Waals surface area contributed by atoms with Crippen LogP contribution in [0.3, 0.4) is 0 Å². The number of benzene rings is 1. The maximum atomic E-state index is 13.1. The number of allylic oxidation sites excluding steroid dienone is 3. The normalized spacial score (nSPS) is 23.9. The molecule has 30 heavy (non-hydrogen) atoms. The van der Waals surface area contributed by atoms with Crippen LogP contribution in [0, 0.1) is 0 Å². The van der Waals surface area contributed by atoms with Crippen LogP contribution in [-0.2, 0) is 4.74 Å². The Morgan fingerprint density at radius 1 is 1.27 bits per heavy atom. The Morgan fingerprint density at radius 3 is 2.70 bits per heavy atom. The van der Waals surface area contributed by atoms with Gasteiger partial charge in [0.15, 0.2) is 6.23 Å². The van der Waals surface area contributed by atoms with Gasteiger partial charge < -0.3 is 20.1 Å². The van der Waals surface area contributed by atoms with Crippen molar-refractivity contribution in [1.29, 1.82) is 0 Å². The summed E-state index contributed by atoms with van der Waals surface area (Å²) in [5.41, 5.74) is 0.290. The number of halogens is 3. The van der Waals surface area contributed by atoms with Crippen molar-refractivity contribution < 1.29 is 27.8 Å². The van der Waals surface area contributed by atoms with Crippen LogP contribution in [0.5, 0.6) is 0 Å². The third-order valence-corrected chi connectivity index (χ3v) is 5.06. The first-order chi connectivity index (χ1) is 14.3. The lowest BCUT2D eigenvalue weighted by Gasteiger charge is -2.33. The molecule has 9 heteroatoms. The van der Waals surface area contributed by atoms with Crippen molar-refractivity contribution in [3.05, 3.63) is 65.5 Å². The van der Waals surface area contributed by atoms with Gasteiger partial charge in [-0.3, -0.25) is 4.79 Å². The van der Waals surface area contributed by atoms with E-state index in [9.17, 15) is 23.1 Å². The van der Waals surface area contributed by atoms with Crippen LogP contribution in [0.25, 0.3) is 5.57 Å². The number of aliphatic imine (C=N–C) groups is 1. The summed E-state index contributed by atoms with van der Waals surface area (Å²) in [5, 5.41) is 13.0. The van der Waals surface area contributed by atoms with Crippen molar-refractivity contribution in [2.75, 3.05) is 13.2 Å². The van der Waals surface area contributed by atoms with Crippen molar-refractivity contribution in [2.45, 2.75) is 31.3 Å². The van der Waals surface area contributed by atoms with Gasteiger partial charge in [-0.05, 0) is 48.8 Å². The van der Waals surface area contributed by atoms with Crippen LogP contribution in [0.1, 0.15) is 28.8 Å². The Labute approximate surface area is 171 Å². The molecule has 3 aliphatic heterocycles. The minimum absolute atomic E-state index is 0.00335. The molecule has 3 aliphatic rings. The Kier molecular flexibility index (Phi) is 5.48. The van der Waals surface area contributed by atoms with Crippen molar-refractivity contribution in [2.24, 2.45) is 4.99 Å². The van der Waals surface area contributed by atoms with E-state index in [0.717, 1.165) is 12.8 Å². The summed E-state index contributed by atoms with van der Waals surface area (Å²) in [6.07, 6.45) is 0.974. The van der Waals surface area contributed by atoms with Gasteiger partial charge in [-0.15, -0.1) is 0 Å². The fraction of sp³-hybridized carbons (Fsp3) is 0.333. The highest BCUT2D eigenvalue weighted by Crippen LogP contribution is 2.34. The predicted octanol–water partition coefficient (Wildman–Crippen LogP) is 2.98. The van der Waals surface area contributed by atoms with E-state index in [4.69, 9.17) is 4.74 Å². The van der Waals surface area contributed by atoms with Crippen LogP contribution in [0.2, 0.25) is 0 Å². The first-order valence-electron chi connectivity index (χ1n) is 9.55. The van der Waals surface area contributed by atoms with E-state index in [1.807, 2.05) is 0 Å². The molecular weight excluding hydrogens is 399 g/mol. The summed E-state index contributed by atoms with van der Waals surface area (Å²) < 4.78 is 44.8. The fourth-order valence-corrected chi connectivity index (χ4v) is 3.53. The highest BCUT2D eigenvalue weighted by molar-refractivity contribution is 6.24. The largest absolute Gasteiger partial charge is 0.433 e. The zero-order valence-electron chi connectivity index (χ0n) is 15.9. The second-order valence-corrected chi connectivity index (χ2v) is 7.19. The first kappa shape index (κ1) is 20.4. The van der Waals surface area contributed by atoms with Gasteiger partial charge in [0.1, 0.15) is 11.5 Å². The molecule has 4 rings (SSSR count). The molecule has 1 amide bonds. The number of fused-ring (bicyclic) bond motifs is 1. The maximum Gasteiger partial charge on any atom is 0.433 e. The van der Waals surface area contributed by atoms with Crippen LogP contribution in [0.4, 0.5) is 13.2 Å². The number of carbonyl (C=O) groups excluding carboxylic acids is 1. The summed E-state index contributed by atoms with van der Waals surface area (Å²) in [6.45, 7) is 1.18. The van der Waals surface area contributed by atoms with Crippen LogP contribution < -0.4 is 5.32 Å². The Morgan fingerprint density at radius 2 is 2.03 bits per heavy atom. The van der Waals surface area contributed by atoms with Crippen molar-refractivity contribution in [3.63, 3.8) is 0 Å². The Balaban J connectivity index is 1.55. The molecule has 0 spiro atoms. The number of ether oxygens (including phenoxy) is 1. The molecule has 1 aromatic rings. The van der Waals surface area contributed by atoms with Crippen molar-refractivity contribution in [3.8, 4) is 0 Å². The number of amides is 1. The monoisotopic (exact) mass is 419 g/mol. The van der Waals surface area contributed by atoms with E-state index < -0.39 is 18.1 Å². The topological polar surface area (TPSA) is 74.2 Å². The third-order valence-electron chi connectivity index (χ3n) is 5.06. The first-order valence-corrected chi connectivity index (χ1v) is 9.55. The van der Waals surface area contributed by atoms with Gasteiger partial charge in [0.25, 0.3) is 5.91 Å². The number of amidine groups is 1. The van der Waals surface area contributed by atoms with Crippen LogP contribution >= 0.6 is 0 Å². The van der Waals surface area contributed by atoms with E-state index in [-0.39, 0.29) is 17.8 Å². The molecule has 2 N–H and O–H groups in total. The van der Waals surface area contributed by atoms with E-state index in [1.54, 1.807) is 36.4 Å². The zero-order chi connectivity index (χ0) is 21.3. The van der Waals surface area contributed by atoms with E-state index in [0.29, 0.717) is 36.0 Å². The number of aliphatic hydroxyl groups is 1. The average molecular weight is 419 g/mol. The van der Waals surface area contributed by atoms with Crippen LogP contribution in [0.15, 0.2) is 59.4 Å². The van der Waals surface area contributed by atoms with E-state index >= 15 is 0 Å². The molecular formula is C21H20F3N3O3. The molecule has 2 atom stereocenters. The standard InChI is InChI=1S/C21H20F3N3O3/c22-21(23,24)17-11-18(28)27-9-1-4-16(19(27)26-17)13-5-7-14(8-6-13)20(29)25-15-3-2-10-30-12-15/h1,4-9,11,15,18,28H,2-3,10,12H2,(H,25,29)/t15-,18?/m0/s1. The van der Waals surface area contributed by atoms with Crippen LogP contribution in [-0.4, -0.2) is 53.4 Å². The minimum Gasteiger partial charge on any atom is -0.379 e. The quantitative estimate of drug-likeness (QED) is 0.790. The second kappa shape index (κ2) is 8.08. The number of nitrogens with one attached hydrogen (secondary N) is 1. The molecule has 0 aromatic heterocycles. The van der Waals surface area contributed by atoms with Gasteiger partial charge >= 0.3 is 6.18 Å². The Hall–Kier alpha value is -2.91. The molecule has 1 aromatic carbocycles. The molecule has 0 bridgehead atoms. The highest BCUT2D eigenvalue weighted by Gasteiger charge is 2.39. The SMILES string of the molecule is O=C(N[C@H]1CCCOC1)c1ccc(C2=CC=CN3C2=NC(C(F)(F)F)=CC3O)cc1. The zero-order valence-corrected chi connectivity index (χ0v) is 15.9. The molecule has 0 radical (unpaired) electrons. The third kappa shape index (κ3) is 4.17. The molecule has 1 unspecified atom stereocenters. The number of rotatable bonds is 3. The second-order valence-electron chi connectivity index (χ2n) is 7.19. The number of hydrogen-bond acceptors (Lipinski definition) is 5. The van der Waals surface area contributed by atoms with Crippen molar-refractivity contribution >= 4 is 17.3 Å². The molecule has 0 aliphatic carbocycles. The van der Waals surface area contributed by atoms with Gasteiger partial charge in [-0.2, -0.15) is 13.2 Å². The number of aliphatic hydroxyl groups excluding tert-OH is 1. The van der Waals surface area contributed by atoms with Gasteiger partial charge in [-0.25, -0.2) is 4.99 Å². The molecule has 3 heterocycles. The van der Waals surface area contributed by atoms with Gasteiger partial charge in [0.2, 0.25) is 0 Å². The van der Waals surface area contributed by atoms with E-state index in [2.05, 4.69) is 10.3 Å². The number of nitrogens with zero attached hydrogens (tertiary/aromatic N) is 2. The number of alkyl halides is 3. The minimum atomic E-state index is -4.67. The molecule has 1 fully saturated rings. The average Bonchev–Trinajstić information content (AvgIpc) is 2.73. The molecule has 6 nitrogen and oxygen atoms in total. The lowest BCUT2D eigenvalue weighted by atomic mass is 9.99. The summed E-state index contributed by atoms with van der Waals surface area (Å²) in [4.78, 5) is 17.4. The highest BCUT2D eigenvalue weighted by atomic mass is 19.4. The fourth-order valence-electron chi connectivity index (χ4n) is 3.53. The van der Waals surface area contributed by atoms with Crippen molar-refractivity contribution in [1.82, 2.24) is 10.2 Å². The number of carbonyl (C=O) groups is 1.